The summed E-state index contributed by atoms with van der Waals surface area (Å²) in [5.41, 5.74) is 7.86. The van der Waals surface area contributed by atoms with Crippen LogP contribution in [0.5, 0.6) is 0 Å². The van der Waals surface area contributed by atoms with E-state index in [1.54, 1.807) is 0 Å². The molecule has 0 saturated heterocycles. The highest BCUT2D eigenvalue weighted by Gasteiger charge is 2.32. The number of aryl methyl sites for hydroxylation is 1. The number of aromatic nitrogens is 1. The topological polar surface area (TPSA) is 37.6 Å². The van der Waals surface area contributed by atoms with Gasteiger partial charge in [-0.05, 0) is 65.4 Å². The van der Waals surface area contributed by atoms with Gasteiger partial charge in [0.05, 0.1) is 16.3 Å². The summed E-state index contributed by atoms with van der Waals surface area (Å²) in [5.74, 6) is 0. The van der Waals surface area contributed by atoms with Gasteiger partial charge >= 0.3 is 0 Å². The molecule has 1 atom stereocenters. The molecule has 0 amide bonds. The summed E-state index contributed by atoms with van der Waals surface area (Å²) in [5, 5.41) is 0.686. The second kappa shape index (κ2) is 8.67. The van der Waals surface area contributed by atoms with Crippen molar-refractivity contribution in [3.8, 4) is 0 Å². The molecule has 6 heteroatoms. The van der Waals surface area contributed by atoms with Crippen molar-refractivity contribution in [3.05, 3.63) is 125 Å². The van der Waals surface area contributed by atoms with E-state index in [0.29, 0.717) is 9.55 Å². The van der Waals surface area contributed by atoms with Crippen molar-refractivity contribution in [2.45, 2.75) is 18.9 Å². The van der Waals surface area contributed by atoms with Crippen LogP contribution in [-0.4, -0.2) is 18.7 Å². The van der Waals surface area contributed by atoms with E-state index in [4.69, 9.17) is 16.6 Å². The predicted octanol–water partition coefficient (Wildman–Crippen LogP) is 5.04. The molecule has 0 spiro atoms. The Morgan fingerprint density at radius 2 is 1.74 bits per heavy atom. The highest BCUT2D eigenvalue weighted by atomic mass is 35.5. The minimum absolute atomic E-state index is 0.00389. The van der Waals surface area contributed by atoms with E-state index in [1.165, 1.54) is 28.0 Å². The molecule has 1 aromatic heterocycles. The van der Waals surface area contributed by atoms with Gasteiger partial charge in [-0.3, -0.25) is 9.36 Å². The Kier molecular flexibility index (Phi) is 5.47. The first-order valence-corrected chi connectivity index (χ1v) is 12.8. The molecule has 174 valence electrons. The number of anilines is 1. The maximum atomic E-state index is 13.8. The predicted molar refractivity (Wildman–Crippen MR) is 145 cm³/mol. The highest BCUT2D eigenvalue weighted by molar-refractivity contribution is 7.07. The Hall–Kier alpha value is -3.41. The molecule has 0 unspecified atom stereocenters. The lowest BCUT2D eigenvalue weighted by Crippen LogP contribution is -2.38. The zero-order valence-corrected chi connectivity index (χ0v) is 21.1. The molecule has 2 aliphatic rings. The Bertz CT molecular complexity index is 1640. The molecule has 0 bridgehead atoms. The molecule has 4 aromatic rings. The summed E-state index contributed by atoms with van der Waals surface area (Å²) >= 11 is 7.66. The number of halogens is 1. The summed E-state index contributed by atoms with van der Waals surface area (Å²) in [6.45, 7) is 0. The Morgan fingerprint density at radius 1 is 1.00 bits per heavy atom. The third-order valence-corrected chi connectivity index (χ3v) is 8.00. The molecule has 0 fully saturated rings. The standard InChI is InChI=1S/C29H24ClN3OS/c1-32(2)22-14-7-18(8-15-22)17-25-28(34)33-27(20-9-12-21(30)13-10-20)24-16-11-19-5-3-4-6-23(19)26(24)31-29(33)35-25/h3-10,12-15,17,27H,11,16H2,1-2H3/b25-17+/t27-/m0/s1. The van der Waals surface area contributed by atoms with E-state index in [2.05, 4.69) is 41.3 Å². The van der Waals surface area contributed by atoms with E-state index in [9.17, 15) is 4.79 Å². The van der Waals surface area contributed by atoms with Gasteiger partial charge in [0, 0.05) is 30.4 Å². The molecule has 0 radical (unpaired) electrons. The Labute approximate surface area is 212 Å². The number of hydrogen-bond acceptors (Lipinski definition) is 4. The van der Waals surface area contributed by atoms with Crippen LogP contribution in [0.4, 0.5) is 5.69 Å². The fraction of sp³-hybridized carbons (Fsp3) is 0.172. The molecule has 1 aliphatic heterocycles. The van der Waals surface area contributed by atoms with Gasteiger partial charge in [0.25, 0.3) is 5.56 Å². The van der Waals surface area contributed by atoms with Crippen LogP contribution in [0.25, 0.3) is 11.8 Å². The van der Waals surface area contributed by atoms with Crippen molar-refractivity contribution in [1.29, 1.82) is 0 Å². The summed E-state index contributed by atoms with van der Waals surface area (Å²) in [6, 6.07) is 24.4. The first kappa shape index (κ1) is 22.1. The number of allylic oxidation sites excluding steroid dienone is 1. The lowest BCUT2D eigenvalue weighted by Gasteiger charge is -2.30. The monoisotopic (exact) mass is 497 g/mol. The van der Waals surface area contributed by atoms with Crippen molar-refractivity contribution in [3.63, 3.8) is 0 Å². The van der Waals surface area contributed by atoms with Gasteiger partial charge in [-0.2, -0.15) is 0 Å². The minimum atomic E-state index is -0.190. The number of nitrogens with zero attached hydrogens (tertiary/aromatic N) is 3. The summed E-state index contributed by atoms with van der Waals surface area (Å²) in [7, 11) is 4.04. The largest absolute Gasteiger partial charge is 0.378 e. The molecule has 0 N–H and O–H groups in total. The Balaban J connectivity index is 1.57. The molecule has 1 aliphatic carbocycles. The average Bonchev–Trinajstić information content (AvgIpc) is 3.18. The second-order valence-electron chi connectivity index (χ2n) is 9.15. The fourth-order valence-electron chi connectivity index (χ4n) is 4.99. The lowest BCUT2D eigenvalue weighted by atomic mass is 9.83. The first-order valence-electron chi connectivity index (χ1n) is 11.7. The van der Waals surface area contributed by atoms with Crippen LogP contribution in [0.2, 0.25) is 5.02 Å². The van der Waals surface area contributed by atoms with Crippen LogP contribution in [0, 0.1) is 0 Å². The Morgan fingerprint density at radius 3 is 2.49 bits per heavy atom. The normalized spacial score (nSPS) is 16.9. The zero-order valence-electron chi connectivity index (χ0n) is 19.5. The fourth-order valence-corrected chi connectivity index (χ4v) is 6.11. The van der Waals surface area contributed by atoms with Crippen LogP contribution in [0.1, 0.15) is 34.7 Å². The maximum absolute atomic E-state index is 13.8. The maximum Gasteiger partial charge on any atom is 0.271 e. The van der Waals surface area contributed by atoms with Crippen molar-refractivity contribution in [2.75, 3.05) is 19.0 Å². The van der Waals surface area contributed by atoms with Crippen molar-refractivity contribution < 1.29 is 0 Å². The number of thiazole rings is 1. The molecule has 4 nitrogen and oxygen atoms in total. The molecule has 0 saturated carbocycles. The van der Waals surface area contributed by atoms with Crippen molar-refractivity contribution in [2.24, 2.45) is 4.99 Å². The summed E-state index contributed by atoms with van der Waals surface area (Å²) in [4.78, 5) is 21.7. The molecular weight excluding hydrogens is 474 g/mol. The van der Waals surface area contributed by atoms with Crippen LogP contribution >= 0.6 is 22.9 Å². The summed E-state index contributed by atoms with van der Waals surface area (Å²) < 4.78 is 2.56. The molecule has 6 rings (SSSR count). The molecular formula is C29H24ClN3OS. The van der Waals surface area contributed by atoms with Crippen LogP contribution in [0.15, 0.2) is 88.2 Å². The van der Waals surface area contributed by atoms with Crippen molar-refractivity contribution >= 4 is 40.4 Å². The number of fused-ring (bicyclic) bond motifs is 3. The average molecular weight is 498 g/mol. The summed E-state index contributed by atoms with van der Waals surface area (Å²) in [6.07, 6.45) is 3.79. The minimum Gasteiger partial charge on any atom is -0.378 e. The highest BCUT2D eigenvalue weighted by Crippen LogP contribution is 2.41. The number of hydrogen-bond donors (Lipinski definition) is 0. The SMILES string of the molecule is CN(C)c1ccc(/C=c2/sc3n(c2=O)[C@@H](c2ccc(Cl)cc2)C2=C(N=3)c3ccccc3CC2)cc1. The quantitative estimate of drug-likeness (QED) is 0.398. The van der Waals surface area contributed by atoms with Gasteiger partial charge in [0.15, 0.2) is 4.80 Å². The van der Waals surface area contributed by atoms with Gasteiger partial charge in [0.2, 0.25) is 0 Å². The number of benzene rings is 3. The third kappa shape index (κ3) is 3.85. The van der Waals surface area contributed by atoms with E-state index < -0.39 is 0 Å². The van der Waals surface area contributed by atoms with Gasteiger partial charge in [0.1, 0.15) is 0 Å². The second-order valence-corrected chi connectivity index (χ2v) is 10.6. The first-order chi connectivity index (χ1) is 17.0. The zero-order chi connectivity index (χ0) is 24.1. The van der Waals surface area contributed by atoms with Crippen molar-refractivity contribution in [1.82, 2.24) is 4.57 Å². The van der Waals surface area contributed by atoms with Crippen LogP contribution < -0.4 is 19.8 Å². The van der Waals surface area contributed by atoms with E-state index in [1.807, 2.05) is 61.1 Å². The van der Waals surface area contributed by atoms with Gasteiger partial charge in [-0.15, -0.1) is 0 Å². The van der Waals surface area contributed by atoms with E-state index in [-0.39, 0.29) is 11.6 Å². The van der Waals surface area contributed by atoms with Gasteiger partial charge in [-0.1, -0.05) is 71.5 Å². The molecule has 2 heterocycles. The lowest BCUT2D eigenvalue weighted by molar-refractivity contribution is 0.585. The molecule has 35 heavy (non-hydrogen) atoms. The smallest absolute Gasteiger partial charge is 0.271 e. The number of rotatable bonds is 3. The van der Waals surface area contributed by atoms with Gasteiger partial charge in [-0.25, -0.2) is 4.99 Å². The third-order valence-electron chi connectivity index (χ3n) is 6.77. The van der Waals surface area contributed by atoms with E-state index >= 15 is 0 Å². The van der Waals surface area contributed by atoms with E-state index in [0.717, 1.165) is 40.2 Å². The van der Waals surface area contributed by atoms with Crippen LogP contribution in [0.3, 0.4) is 0 Å². The molecule has 3 aromatic carbocycles. The van der Waals surface area contributed by atoms with Gasteiger partial charge < -0.3 is 4.90 Å². The van der Waals surface area contributed by atoms with Crippen LogP contribution in [-0.2, 0) is 6.42 Å².